The van der Waals surface area contributed by atoms with Crippen LogP contribution in [0.2, 0.25) is 0 Å². The molecule has 0 aromatic heterocycles. The third-order valence-electron chi connectivity index (χ3n) is 4.53. The minimum Gasteiger partial charge on any atom is -0.347 e. The molecular weight excluding hydrogens is 188 g/mol. The van der Waals surface area contributed by atoms with Crippen molar-refractivity contribution in [1.29, 1.82) is 0 Å². The molecule has 15 heavy (non-hydrogen) atoms. The van der Waals surface area contributed by atoms with Crippen molar-refractivity contribution < 1.29 is 9.47 Å². The lowest BCUT2D eigenvalue weighted by Crippen LogP contribution is -2.41. The van der Waals surface area contributed by atoms with Gasteiger partial charge in [0.1, 0.15) is 0 Å². The van der Waals surface area contributed by atoms with Crippen molar-refractivity contribution in [1.82, 2.24) is 0 Å². The number of fused-ring (bicyclic) bond motifs is 1. The first-order valence-corrected chi connectivity index (χ1v) is 6.59. The van der Waals surface area contributed by atoms with Crippen LogP contribution in [0.15, 0.2) is 0 Å². The Bertz CT molecular complexity index is 241. The number of ether oxygens (including phenoxy) is 2. The van der Waals surface area contributed by atoms with Crippen LogP contribution in [0.3, 0.4) is 0 Å². The molecule has 0 radical (unpaired) electrons. The second-order valence-corrected chi connectivity index (χ2v) is 5.70. The van der Waals surface area contributed by atoms with E-state index < -0.39 is 0 Å². The van der Waals surface area contributed by atoms with Gasteiger partial charge in [0.25, 0.3) is 0 Å². The Balaban J connectivity index is 1.69. The van der Waals surface area contributed by atoms with Crippen molar-refractivity contribution in [3.05, 3.63) is 0 Å². The Morgan fingerprint density at radius 1 is 1.07 bits per heavy atom. The van der Waals surface area contributed by atoms with Gasteiger partial charge >= 0.3 is 0 Å². The Kier molecular flexibility index (Phi) is 2.52. The van der Waals surface area contributed by atoms with Gasteiger partial charge in [0, 0.05) is 12.8 Å². The molecule has 2 saturated carbocycles. The van der Waals surface area contributed by atoms with Crippen LogP contribution in [-0.2, 0) is 9.47 Å². The molecule has 86 valence electrons. The van der Waals surface area contributed by atoms with Gasteiger partial charge in [0.15, 0.2) is 5.79 Å². The summed E-state index contributed by atoms with van der Waals surface area (Å²) in [7, 11) is 0. The van der Waals surface area contributed by atoms with Crippen LogP contribution in [0, 0.1) is 11.8 Å². The van der Waals surface area contributed by atoms with Gasteiger partial charge in [-0.05, 0) is 31.6 Å². The van der Waals surface area contributed by atoms with Crippen molar-refractivity contribution in [2.45, 2.75) is 63.8 Å². The standard InChI is InChI=1S/C13H22O2/c1-10-9-14-13(15-10)7-6-11-4-2-3-5-12(11)8-13/h10-12H,2-9H2,1H3. The fourth-order valence-electron chi connectivity index (χ4n) is 3.78. The summed E-state index contributed by atoms with van der Waals surface area (Å²) in [6.45, 7) is 2.93. The molecule has 0 N–H and O–H groups in total. The van der Waals surface area contributed by atoms with Gasteiger partial charge < -0.3 is 9.47 Å². The summed E-state index contributed by atoms with van der Waals surface area (Å²) in [5, 5.41) is 0. The summed E-state index contributed by atoms with van der Waals surface area (Å²) in [4.78, 5) is 0. The van der Waals surface area contributed by atoms with E-state index in [9.17, 15) is 0 Å². The molecule has 2 aliphatic carbocycles. The third kappa shape index (κ3) is 1.83. The Morgan fingerprint density at radius 3 is 2.60 bits per heavy atom. The molecule has 0 aromatic carbocycles. The van der Waals surface area contributed by atoms with Crippen molar-refractivity contribution in [3.8, 4) is 0 Å². The molecule has 2 heteroatoms. The fraction of sp³-hybridized carbons (Fsp3) is 1.00. The van der Waals surface area contributed by atoms with E-state index in [0.717, 1.165) is 24.9 Å². The SMILES string of the molecule is CC1COC2(CCC3CCCCC3C2)O1. The molecule has 0 bridgehead atoms. The summed E-state index contributed by atoms with van der Waals surface area (Å²) < 4.78 is 11.9. The molecule has 4 unspecified atom stereocenters. The van der Waals surface area contributed by atoms with Crippen LogP contribution >= 0.6 is 0 Å². The second kappa shape index (κ2) is 3.74. The topological polar surface area (TPSA) is 18.5 Å². The van der Waals surface area contributed by atoms with Crippen molar-refractivity contribution in [3.63, 3.8) is 0 Å². The van der Waals surface area contributed by atoms with Gasteiger partial charge in [-0.3, -0.25) is 0 Å². The zero-order valence-electron chi connectivity index (χ0n) is 9.71. The van der Waals surface area contributed by atoms with Crippen LogP contribution in [0.1, 0.15) is 51.9 Å². The van der Waals surface area contributed by atoms with Gasteiger partial charge in [0.05, 0.1) is 12.7 Å². The molecule has 1 spiro atoms. The first-order valence-electron chi connectivity index (χ1n) is 6.59. The Labute approximate surface area is 92.3 Å². The van der Waals surface area contributed by atoms with Crippen molar-refractivity contribution >= 4 is 0 Å². The van der Waals surface area contributed by atoms with Crippen molar-refractivity contribution in [2.75, 3.05) is 6.61 Å². The molecule has 0 amide bonds. The van der Waals surface area contributed by atoms with Gasteiger partial charge in [-0.15, -0.1) is 0 Å². The van der Waals surface area contributed by atoms with Crippen LogP contribution < -0.4 is 0 Å². The molecule has 3 fully saturated rings. The summed E-state index contributed by atoms with van der Waals surface area (Å²) in [6.07, 6.45) is 9.69. The molecule has 4 atom stereocenters. The fourth-order valence-corrected chi connectivity index (χ4v) is 3.78. The second-order valence-electron chi connectivity index (χ2n) is 5.70. The lowest BCUT2D eigenvalue weighted by molar-refractivity contribution is -0.205. The maximum atomic E-state index is 6.02. The van der Waals surface area contributed by atoms with E-state index in [1.54, 1.807) is 0 Å². The molecule has 2 nitrogen and oxygen atoms in total. The highest BCUT2D eigenvalue weighted by atomic mass is 16.7. The molecule has 1 saturated heterocycles. The Hall–Kier alpha value is -0.0800. The van der Waals surface area contributed by atoms with E-state index in [2.05, 4.69) is 6.92 Å². The Morgan fingerprint density at radius 2 is 1.87 bits per heavy atom. The molecule has 3 rings (SSSR count). The highest BCUT2D eigenvalue weighted by molar-refractivity contribution is 4.90. The van der Waals surface area contributed by atoms with Gasteiger partial charge in [-0.2, -0.15) is 0 Å². The van der Waals surface area contributed by atoms with Gasteiger partial charge in [-0.1, -0.05) is 19.3 Å². The monoisotopic (exact) mass is 210 g/mol. The first kappa shape index (κ1) is 10.1. The lowest BCUT2D eigenvalue weighted by Gasteiger charge is -2.43. The lowest BCUT2D eigenvalue weighted by atomic mass is 9.69. The zero-order chi connectivity index (χ0) is 10.3. The van der Waals surface area contributed by atoms with E-state index in [1.807, 2.05) is 0 Å². The molecule has 0 aromatic rings. The average Bonchev–Trinajstić information content (AvgIpc) is 2.60. The molecule has 1 aliphatic heterocycles. The van der Waals surface area contributed by atoms with Gasteiger partial charge in [-0.25, -0.2) is 0 Å². The summed E-state index contributed by atoms with van der Waals surface area (Å²) in [5.41, 5.74) is 0. The van der Waals surface area contributed by atoms with E-state index in [0.29, 0.717) is 6.10 Å². The third-order valence-corrected chi connectivity index (χ3v) is 4.53. The minimum absolute atomic E-state index is 0.169. The van der Waals surface area contributed by atoms with Crippen molar-refractivity contribution in [2.24, 2.45) is 11.8 Å². The largest absolute Gasteiger partial charge is 0.347 e. The normalized spacial score (nSPS) is 50.6. The molecular formula is C13H22O2. The predicted octanol–water partition coefficient (Wildman–Crippen LogP) is 3.11. The van der Waals surface area contributed by atoms with Gasteiger partial charge in [0.2, 0.25) is 0 Å². The molecule has 1 heterocycles. The smallest absolute Gasteiger partial charge is 0.169 e. The van der Waals surface area contributed by atoms with Crippen LogP contribution in [0.25, 0.3) is 0 Å². The summed E-state index contributed by atoms with van der Waals surface area (Å²) in [6, 6.07) is 0. The maximum absolute atomic E-state index is 6.02. The number of rotatable bonds is 0. The zero-order valence-corrected chi connectivity index (χ0v) is 9.71. The molecule has 3 aliphatic rings. The highest BCUT2D eigenvalue weighted by Gasteiger charge is 2.47. The maximum Gasteiger partial charge on any atom is 0.169 e. The van der Waals surface area contributed by atoms with Crippen LogP contribution in [-0.4, -0.2) is 18.5 Å². The number of hydrogen-bond acceptors (Lipinski definition) is 2. The van der Waals surface area contributed by atoms with E-state index in [1.165, 1.54) is 38.5 Å². The van der Waals surface area contributed by atoms with Crippen LogP contribution in [0.4, 0.5) is 0 Å². The predicted molar refractivity (Wildman–Crippen MR) is 58.5 cm³/mol. The van der Waals surface area contributed by atoms with E-state index in [4.69, 9.17) is 9.47 Å². The summed E-state index contributed by atoms with van der Waals surface area (Å²) >= 11 is 0. The summed E-state index contributed by atoms with van der Waals surface area (Å²) in [5.74, 6) is 1.70. The number of hydrogen-bond donors (Lipinski definition) is 0. The van der Waals surface area contributed by atoms with E-state index in [-0.39, 0.29) is 5.79 Å². The first-order chi connectivity index (χ1) is 7.27. The minimum atomic E-state index is -0.169. The van der Waals surface area contributed by atoms with E-state index >= 15 is 0 Å². The van der Waals surface area contributed by atoms with Crippen LogP contribution in [0.5, 0.6) is 0 Å². The quantitative estimate of drug-likeness (QED) is 0.611. The average molecular weight is 210 g/mol. The highest BCUT2D eigenvalue weighted by Crippen LogP contribution is 2.48.